The Balaban J connectivity index is 3.51. The van der Waals surface area contributed by atoms with Crippen LogP contribution in [0.5, 0.6) is 0 Å². The third-order valence-corrected chi connectivity index (χ3v) is 4.51. The van der Waals surface area contributed by atoms with Crippen LogP contribution in [0.4, 0.5) is 0 Å². The normalized spacial score (nSPS) is 17.7. The Morgan fingerprint density at radius 2 is 1.50 bits per heavy atom. The van der Waals surface area contributed by atoms with Gasteiger partial charge in [0, 0.05) is 4.83 Å². The average molecular weight is 349 g/mol. The number of unbranched alkanes of at least 4 members (excludes halogenated alkanes) is 5. The Labute approximate surface area is 136 Å². The van der Waals surface area contributed by atoms with Crippen LogP contribution in [0.15, 0.2) is 0 Å². The van der Waals surface area contributed by atoms with Gasteiger partial charge >= 0.3 is 0 Å². The lowest BCUT2D eigenvalue weighted by atomic mass is 9.90. The summed E-state index contributed by atoms with van der Waals surface area (Å²) < 4.78 is 0. The van der Waals surface area contributed by atoms with Gasteiger partial charge in [0.1, 0.15) is 0 Å². The second-order valence-electron chi connectivity index (χ2n) is 7.04. The van der Waals surface area contributed by atoms with Crippen LogP contribution in [-0.4, -0.2) is 15.5 Å². The molecule has 0 aliphatic carbocycles. The highest BCUT2D eigenvalue weighted by atomic mass is 79.9. The van der Waals surface area contributed by atoms with E-state index in [4.69, 9.17) is 0 Å². The second kappa shape index (κ2) is 12.0. The number of halogens is 1. The Hall–Kier alpha value is 0.440. The van der Waals surface area contributed by atoms with Crippen LogP contribution in [-0.2, 0) is 0 Å². The van der Waals surface area contributed by atoms with Crippen LogP contribution >= 0.6 is 15.9 Å². The van der Waals surface area contributed by atoms with E-state index in [-0.39, 0.29) is 0 Å². The first-order valence-corrected chi connectivity index (χ1v) is 9.65. The van der Waals surface area contributed by atoms with E-state index in [0.717, 1.165) is 25.2 Å². The molecule has 0 bridgehead atoms. The van der Waals surface area contributed by atoms with E-state index in [0.29, 0.717) is 4.83 Å². The van der Waals surface area contributed by atoms with Crippen LogP contribution in [0.1, 0.15) is 98.3 Å². The molecule has 0 rings (SSSR count). The predicted molar refractivity (Wildman–Crippen MR) is 94.6 cm³/mol. The molecule has 122 valence electrons. The van der Waals surface area contributed by atoms with Gasteiger partial charge in [0.2, 0.25) is 0 Å². The molecule has 0 aromatic heterocycles. The second-order valence-corrected chi connectivity index (χ2v) is 8.60. The maximum atomic E-state index is 10.3. The molecular formula is C18H37BrO. The summed E-state index contributed by atoms with van der Waals surface area (Å²) in [5, 5.41) is 10.3. The van der Waals surface area contributed by atoms with Crippen molar-refractivity contribution in [2.75, 3.05) is 0 Å². The van der Waals surface area contributed by atoms with E-state index < -0.39 is 5.60 Å². The molecule has 3 atom stereocenters. The van der Waals surface area contributed by atoms with E-state index >= 15 is 0 Å². The first-order chi connectivity index (χ1) is 9.37. The van der Waals surface area contributed by atoms with Gasteiger partial charge in [-0.2, -0.15) is 0 Å². The first kappa shape index (κ1) is 20.4. The predicted octanol–water partition coefficient (Wildman–Crippen LogP) is 6.47. The Morgan fingerprint density at radius 3 is 2.10 bits per heavy atom. The Bertz CT molecular complexity index is 213. The zero-order valence-electron chi connectivity index (χ0n) is 14.3. The van der Waals surface area contributed by atoms with Gasteiger partial charge in [0.15, 0.2) is 0 Å². The molecule has 2 heteroatoms. The summed E-state index contributed by atoms with van der Waals surface area (Å²) in [6.07, 6.45) is 13.9. The quantitative estimate of drug-likeness (QED) is 0.298. The highest BCUT2D eigenvalue weighted by molar-refractivity contribution is 9.09. The molecule has 0 amide bonds. The van der Waals surface area contributed by atoms with Gasteiger partial charge in [-0.05, 0) is 25.7 Å². The van der Waals surface area contributed by atoms with Crippen molar-refractivity contribution in [3.05, 3.63) is 0 Å². The lowest BCUT2D eigenvalue weighted by Gasteiger charge is -2.25. The molecule has 1 N–H and O–H groups in total. The van der Waals surface area contributed by atoms with Crippen LogP contribution in [0.3, 0.4) is 0 Å². The van der Waals surface area contributed by atoms with Gasteiger partial charge in [-0.25, -0.2) is 0 Å². The van der Waals surface area contributed by atoms with Crippen LogP contribution in [0, 0.1) is 5.92 Å². The zero-order valence-corrected chi connectivity index (χ0v) is 15.8. The standard InChI is InChI=1S/C18H37BrO/c1-5-6-7-8-9-10-12-16(2)13-11-14-18(4,20)15-17(3)19/h16-17,20H,5-15H2,1-4H3/t16?,17?,18-/m1/s1. The van der Waals surface area contributed by atoms with Crippen molar-refractivity contribution in [3.63, 3.8) is 0 Å². The topological polar surface area (TPSA) is 20.2 Å². The minimum Gasteiger partial charge on any atom is -0.390 e. The van der Waals surface area contributed by atoms with Crippen molar-refractivity contribution < 1.29 is 5.11 Å². The molecule has 2 unspecified atom stereocenters. The van der Waals surface area contributed by atoms with Gasteiger partial charge in [-0.15, -0.1) is 0 Å². The molecule has 0 aliphatic rings. The summed E-state index contributed by atoms with van der Waals surface area (Å²) in [6.45, 7) is 8.72. The van der Waals surface area contributed by atoms with Crippen molar-refractivity contribution in [1.82, 2.24) is 0 Å². The summed E-state index contributed by atoms with van der Waals surface area (Å²) >= 11 is 3.53. The third kappa shape index (κ3) is 13.4. The van der Waals surface area contributed by atoms with Crippen molar-refractivity contribution >= 4 is 15.9 Å². The highest BCUT2D eigenvalue weighted by Crippen LogP contribution is 2.25. The van der Waals surface area contributed by atoms with Crippen LogP contribution in [0.2, 0.25) is 0 Å². The van der Waals surface area contributed by atoms with Crippen molar-refractivity contribution in [1.29, 1.82) is 0 Å². The molecular weight excluding hydrogens is 312 g/mol. The van der Waals surface area contributed by atoms with Gasteiger partial charge < -0.3 is 5.11 Å². The fourth-order valence-corrected chi connectivity index (χ4v) is 3.65. The lowest BCUT2D eigenvalue weighted by molar-refractivity contribution is 0.0395. The van der Waals surface area contributed by atoms with E-state index in [1.807, 2.05) is 6.92 Å². The van der Waals surface area contributed by atoms with E-state index in [2.05, 4.69) is 36.7 Å². The number of hydrogen-bond donors (Lipinski definition) is 1. The van der Waals surface area contributed by atoms with Gasteiger partial charge in [0.05, 0.1) is 5.60 Å². The summed E-state index contributed by atoms with van der Waals surface area (Å²) in [7, 11) is 0. The molecule has 0 fully saturated rings. The number of hydrogen-bond acceptors (Lipinski definition) is 1. The minimum absolute atomic E-state index is 0.401. The van der Waals surface area contributed by atoms with E-state index in [1.165, 1.54) is 51.4 Å². The molecule has 1 nitrogen and oxygen atoms in total. The summed E-state index contributed by atoms with van der Waals surface area (Å²) in [5.41, 5.74) is -0.497. The summed E-state index contributed by atoms with van der Waals surface area (Å²) in [6, 6.07) is 0. The molecule has 0 spiro atoms. The third-order valence-electron chi connectivity index (χ3n) is 4.18. The Morgan fingerprint density at radius 1 is 0.950 bits per heavy atom. The van der Waals surface area contributed by atoms with Crippen molar-refractivity contribution in [2.24, 2.45) is 5.92 Å². The maximum Gasteiger partial charge on any atom is 0.0630 e. The first-order valence-electron chi connectivity index (χ1n) is 8.74. The molecule has 0 aromatic rings. The summed E-state index contributed by atoms with van der Waals surface area (Å²) in [4.78, 5) is 0.401. The average Bonchev–Trinajstić information content (AvgIpc) is 2.31. The lowest BCUT2D eigenvalue weighted by Crippen LogP contribution is -2.27. The Kier molecular flexibility index (Phi) is 12.3. The fraction of sp³-hybridized carbons (Fsp3) is 1.00. The smallest absolute Gasteiger partial charge is 0.0630 e. The number of aliphatic hydroxyl groups is 1. The summed E-state index contributed by atoms with van der Waals surface area (Å²) in [5.74, 6) is 0.818. The van der Waals surface area contributed by atoms with Gasteiger partial charge in [-0.1, -0.05) is 94.5 Å². The maximum absolute atomic E-state index is 10.3. The zero-order chi connectivity index (χ0) is 15.4. The highest BCUT2D eigenvalue weighted by Gasteiger charge is 2.21. The van der Waals surface area contributed by atoms with Crippen molar-refractivity contribution in [2.45, 2.75) is 109 Å². The minimum atomic E-state index is -0.497. The molecule has 0 saturated heterocycles. The van der Waals surface area contributed by atoms with E-state index in [1.54, 1.807) is 0 Å². The SMILES string of the molecule is CCCCCCCCC(C)CCC[C@@](C)(O)CC(C)Br. The van der Waals surface area contributed by atoms with Gasteiger partial charge in [0.25, 0.3) is 0 Å². The van der Waals surface area contributed by atoms with E-state index in [9.17, 15) is 5.11 Å². The number of rotatable bonds is 13. The molecule has 0 aromatic carbocycles. The van der Waals surface area contributed by atoms with Crippen LogP contribution in [0.25, 0.3) is 0 Å². The van der Waals surface area contributed by atoms with Gasteiger partial charge in [-0.3, -0.25) is 0 Å². The molecule has 0 aliphatic heterocycles. The largest absolute Gasteiger partial charge is 0.390 e. The monoisotopic (exact) mass is 348 g/mol. The van der Waals surface area contributed by atoms with Crippen LogP contribution < -0.4 is 0 Å². The fourth-order valence-electron chi connectivity index (χ4n) is 2.96. The molecule has 20 heavy (non-hydrogen) atoms. The van der Waals surface area contributed by atoms with Crippen molar-refractivity contribution in [3.8, 4) is 0 Å². The molecule has 0 saturated carbocycles. The molecule has 0 radical (unpaired) electrons. The molecule has 0 heterocycles. The number of alkyl halides is 1.